The molecule has 0 aromatic carbocycles. The van der Waals surface area contributed by atoms with Gasteiger partial charge in [0.05, 0.1) is 16.3 Å². The molecule has 1 rings (SSSR count). The summed E-state index contributed by atoms with van der Waals surface area (Å²) in [6, 6.07) is 4.23. The molecule has 1 heterocycles. The minimum absolute atomic E-state index is 0.511. The molecule has 0 unspecified atom stereocenters. The first-order valence-corrected chi connectivity index (χ1v) is 5.03. The number of hydrogen-bond donors (Lipinski definition) is 0. The fourth-order valence-corrected chi connectivity index (χ4v) is 2.56. The Labute approximate surface area is 78.8 Å². The summed E-state index contributed by atoms with van der Waals surface area (Å²) in [6.07, 6.45) is 1.56. The molecule has 0 aliphatic rings. The van der Waals surface area contributed by atoms with Crippen LogP contribution in [0.3, 0.4) is 0 Å². The highest BCUT2D eigenvalue weighted by Crippen LogP contribution is 2.28. The summed E-state index contributed by atoms with van der Waals surface area (Å²) >= 11 is 5.15. The number of thiophene rings is 1. The van der Waals surface area contributed by atoms with Crippen LogP contribution < -0.4 is 0 Å². The lowest BCUT2D eigenvalue weighted by molar-refractivity contribution is 1.17. The third kappa shape index (κ3) is 2.05. The van der Waals surface area contributed by atoms with Crippen LogP contribution in [0.2, 0.25) is 0 Å². The molecule has 1 aromatic heterocycles. The topological polar surface area (TPSA) is 23.8 Å². The first kappa shape index (κ1) is 8.76. The molecule has 0 saturated heterocycles. The Kier molecular flexibility index (Phi) is 3.10. The monoisotopic (exact) mass is 229 g/mol. The van der Waals surface area contributed by atoms with Gasteiger partial charge in [0, 0.05) is 4.88 Å². The van der Waals surface area contributed by atoms with Gasteiger partial charge in [0.2, 0.25) is 0 Å². The van der Waals surface area contributed by atoms with Crippen molar-refractivity contribution in [1.29, 1.82) is 5.26 Å². The summed E-state index contributed by atoms with van der Waals surface area (Å²) in [7, 11) is 0. The van der Waals surface area contributed by atoms with Crippen LogP contribution in [0.1, 0.15) is 17.4 Å². The van der Waals surface area contributed by atoms with E-state index in [2.05, 4.69) is 35.0 Å². The smallest absolute Gasteiger partial charge is 0.0743 e. The maximum Gasteiger partial charge on any atom is 0.0743 e. The molecule has 0 aliphatic carbocycles. The molecule has 0 N–H and O–H groups in total. The second-order valence-electron chi connectivity index (χ2n) is 2.20. The standard InChI is InChI=1S/C8H8BrNS/c1-2-7-5-6(3-4-10)8(9)11-7/h5H,2-3H2,1H3. The summed E-state index contributed by atoms with van der Waals surface area (Å²) in [5.41, 5.74) is 1.12. The summed E-state index contributed by atoms with van der Waals surface area (Å²) < 4.78 is 1.11. The van der Waals surface area contributed by atoms with Crippen molar-refractivity contribution < 1.29 is 0 Å². The van der Waals surface area contributed by atoms with Gasteiger partial charge >= 0.3 is 0 Å². The lowest BCUT2D eigenvalue weighted by Crippen LogP contribution is -1.75. The van der Waals surface area contributed by atoms with E-state index in [1.54, 1.807) is 11.3 Å². The lowest BCUT2D eigenvalue weighted by atomic mass is 10.2. The number of hydrogen-bond acceptors (Lipinski definition) is 2. The van der Waals surface area contributed by atoms with E-state index in [9.17, 15) is 0 Å². The Morgan fingerprint density at radius 1 is 1.73 bits per heavy atom. The first-order chi connectivity index (χ1) is 5.27. The van der Waals surface area contributed by atoms with Gasteiger partial charge in [-0.25, -0.2) is 0 Å². The Hall–Kier alpha value is -0.330. The fourth-order valence-electron chi connectivity index (χ4n) is 0.841. The van der Waals surface area contributed by atoms with E-state index in [1.165, 1.54) is 4.88 Å². The van der Waals surface area contributed by atoms with E-state index >= 15 is 0 Å². The van der Waals surface area contributed by atoms with Gasteiger partial charge in [0.25, 0.3) is 0 Å². The van der Waals surface area contributed by atoms with Gasteiger partial charge in [-0.15, -0.1) is 11.3 Å². The van der Waals surface area contributed by atoms with Crippen LogP contribution in [0.15, 0.2) is 9.85 Å². The maximum absolute atomic E-state index is 8.46. The zero-order chi connectivity index (χ0) is 8.27. The molecule has 3 heteroatoms. The van der Waals surface area contributed by atoms with Crippen molar-refractivity contribution >= 4 is 27.3 Å². The number of nitrogens with zero attached hydrogens (tertiary/aromatic N) is 1. The Morgan fingerprint density at radius 3 is 2.91 bits per heavy atom. The number of halogens is 1. The van der Waals surface area contributed by atoms with Crippen molar-refractivity contribution in [2.75, 3.05) is 0 Å². The normalized spacial score (nSPS) is 9.55. The molecule has 0 aliphatic heterocycles. The molecular weight excluding hydrogens is 222 g/mol. The molecule has 0 radical (unpaired) electrons. The summed E-state index contributed by atoms with van der Waals surface area (Å²) in [6.45, 7) is 2.12. The number of rotatable bonds is 2. The predicted octanol–water partition coefficient (Wildman–Crippen LogP) is 3.14. The Balaban J connectivity index is 2.90. The molecular formula is C8H8BrNS. The molecule has 1 nitrogen and oxygen atoms in total. The van der Waals surface area contributed by atoms with Gasteiger partial charge < -0.3 is 0 Å². The average Bonchev–Trinajstić information content (AvgIpc) is 2.33. The van der Waals surface area contributed by atoms with Gasteiger partial charge in [-0.3, -0.25) is 0 Å². The van der Waals surface area contributed by atoms with Crippen LogP contribution in [0.5, 0.6) is 0 Å². The van der Waals surface area contributed by atoms with E-state index in [-0.39, 0.29) is 0 Å². The van der Waals surface area contributed by atoms with Crippen molar-refractivity contribution in [2.45, 2.75) is 19.8 Å². The Bertz CT molecular complexity index is 285. The van der Waals surface area contributed by atoms with Crippen LogP contribution >= 0.6 is 27.3 Å². The lowest BCUT2D eigenvalue weighted by Gasteiger charge is -1.84. The van der Waals surface area contributed by atoms with E-state index < -0.39 is 0 Å². The van der Waals surface area contributed by atoms with Crippen molar-refractivity contribution in [2.24, 2.45) is 0 Å². The van der Waals surface area contributed by atoms with Gasteiger partial charge in [0.15, 0.2) is 0 Å². The molecule has 58 valence electrons. The Morgan fingerprint density at radius 2 is 2.45 bits per heavy atom. The van der Waals surface area contributed by atoms with E-state index in [0.717, 1.165) is 15.8 Å². The van der Waals surface area contributed by atoms with E-state index in [0.29, 0.717) is 6.42 Å². The van der Waals surface area contributed by atoms with Crippen LogP contribution in [0, 0.1) is 11.3 Å². The van der Waals surface area contributed by atoms with Gasteiger partial charge in [-0.1, -0.05) is 6.92 Å². The molecule has 0 saturated carbocycles. The largest absolute Gasteiger partial charge is 0.198 e. The van der Waals surface area contributed by atoms with Gasteiger partial charge in [0.1, 0.15) is 0 Å². The summed E-state index contributed by atoms with van der Waals surface area (Å²) in [4.78, 5) is 1.34. The molecule has 1 aromatic rings. The van der Waals surface area contributed by atoms with Crippen LogP contribution in [0.4, 0.5) is 0 Å². The maximum atomic E-state index is 8.46. The molecule has 0 spiro atoms. The number of nitriles is 1. The molecule has 0 bridgehead atoms. The van der Waals surface area contributed by atoms with Crippen LogP contribution in [-0.2, 0) is 12.8 Å². The number of aryl methyl sites for hydroxylation is 1. The third-order valence-electron chi connectivity index (χ3n) is 1.43. The van der Waals surface area contributed by atoms with Crippen LogP contribution in [0.25, 0.3) is 0 Å². The molecule has 0 atom stereocenters. The second kappa shape index (κ2) is 3.89. The van der Waals surface area contributed by atoms with Crippen molar-refractivity contribution in [3.8, 4) is 6.07 Å². The van der Waals surface area contributed by atoms with Crippen LogP contribution in [-0.4, -0.2) is 0 Å². The molecule has 0 amide bonds. The average molecular weight is 230 g/mol. The summed E-state index contributed by atoms with van der Waals surface area (Å²) in [5, 5.41) is 8.46. The fraction of sp³-hybridized carbons (Fsp3) is 0.375. The van der Waals surface area contributed by atoms with Gasteiger partial charge in [-0.05, 0) is 34.0 Å². The zero-order valence-electron chi connectivity index (χ0n) is 6.22. The van der Waals surface area contributed by atoms with Crippen molar-refractivity contribution in [3.05, 3.63) is 20.3 Å². The van der Waals surface area contributed by atoms with E-state index in [1.807, 2.05) is 0 Å². The zero-order valence-corrected chi connectivity index (χ0v) is 8.63. The minimum Gasteiger partial charge on any atom is -0.198 e. The SMILES string of the molecule is CCc1cc(CC#N)c(Br)s1. The third-order valence-corrected chi connectivity index (χ3v) is 3.53. The summed E-state index contributed by atoms with van der Waals surface area (Å²) in [5.74, 6) is 0. The van der Waals surface area contributed by atoms with E-state index in [4.69, 9.17) is 5.26 Å². The molecule has 11 heavy (non-hydrogen) atoms. The molecule has 0 fully saturated rings. The highest BCUT2D eigenvalue weighted by atomic mass is 79.9. The quantitative estimate of drug-likeness (QED) is 0.765. The van der Waals surface area contributed by atoms with Crippen molar-refractivity contribution in [3.63, 3.8) is 0 Å². The minimum atomic E-state index is 0.511. The first-order valence-electron chi connectivity index (χ1n) is 3.42. The predicted molar refractivity (Wildman–Crippen MR) is 50.7 cm³/mol. The van der Waals surface area contributed by atoms with Gasteiger partial charge in [-0.2, -0.15) is 5.26 Å². The highest BCUT2D eigenvalue weighted by molar-refractivity contribution is 9.11. The van der Waals surface area contributed by atoms with Crippen molar-refractivity contribution in [1.82, 2.24) is 0 Å². The second-order valence-corrected chi connectivity index (χ2v) is 4.65. The highest BCUT2D eigenvalue weighted by Gasteiger charge is 2.03.